The molecule has 0 saturated carbocycles. The van der Waals surface area contributed by atoms with Gasteiger partial charge in [-0.05, 0) is 17.5 Å². The lowest BCUT2D eigenvalue weighted by molar-refractivity contribution is 0.199. The van der Waals surface area contributed by atoms with E-state index in [2.05, 4.69) is 44.1 Å². The molecule has 20 heavy (non-hydrogen) atoms. The van der Waals surface area contributed by atoms with Crippen LogP contribution in [0.5, 0.6) is 0 Å². The fourth-order valence-electron chi connectivity index (χ4n) is 2.26. The number of anilines is 1. The minimum Gasteiger partial charge on any atom is -0.383 e. The Morgan fingerprint density at radius 2 is 2.00 bits per heavy atom. The van der Waals surface area contributed by atoms with Crippen LogP contribution in [0.2, 0.25) is 5.02 Å². The molecule has 0 amide bonds. The van der Waals surface area contributed by atoms with Gasteiger partial charge in [-0.3, -0.25) is 0 Å². The lowest BCUT2D eigenvalue weighted by Gasteiger charge is -2.30. The van der Waals surface area contributed by atoms with Gasteiger partial charge in [-0.15, -0.1) is 0 Å². The van der Waals surface area contributed by atoms with Crippen LogP contribution in [0.15, 0.2) is 18.2 Å². The number of hydrogen-bond acceptors (Lipinski definition) is 3. The van der Waals surface area contributed by atoms with Crippen LogP contribution in [0.1, 0.15) is 26.3 Å². The van der Waals surface area contributed by atoms with Gasteiger partial charge in [0.1, 0.15) is 0 Å². The van der Waals surface area contributed by atoms with E-state index in [1.807, 2.05) is 12.1 Å². The summed E-state index contributed by atoms with van der Waals surface area (Å²) in [6.07, 6.45) is 0. The van der Waals surface area contributed by atoms with E-state index in [0.717, 1.165) is 30.2 Å². The van der Waals surface area contributed by atoms with Crippen molar-refractivity contribution in [2.45, 2.75) is 27.3 Å². The molecule has 0 aliphatic carbocycles. The van der Waals surface area contributed by atoms with Crippen molar-refractivity contribution < 1.29 is 4.74 Å². The highest BCUT2D eigenvalue weighted by atomic mass is 35.5. The van der Waals surface area contributed by atoms with Gasteiger partial charge in [0.15, 0.2) is 0 Å². The van der Waals surface area contributed by atoms with Crippen molar-refractivity contribution in [3.8, 4) is 0 Å². The summed E-state index contributed by atoms with van der Waals surface area (Å²) in [6.45, 7) is 9.99. The molecule has 114 valence electrons. The van der Waals surface area contributed by atoms with E-state index in [1.165, 1.54) is 5.69 Å². The van der Waals surface area contributed by atoms with Crippen molar-refractivity contribution in [1.29, 1.82) is 0 Å². The summed E-state index contributed by atoms with van der Waals surface area (Å²) in [5.41, 5.74) is 2.59. The van der Waals surface area contributed by atoms with Crippen molar-refractivity contribution in [2.24, 2.45) is 5.41 Å². The summed E-state index contributed by atoms with van der Waals surface area (Å²) in [5, 5.41) is 4.18. The maximum absolute atomic E-state index is 6.36. The van der Waals surface area contributed by atoms with E-state index < -0.39 is 0 Å². The third kappa shape index (κ3) is 5.70. The van der Waals surface area contributed by atoms with E-state index in [-0.39, 0.29) is 5.41 Å². The molecule has 0 spiro atoms. The van der Waals surface area contributed by atoms with Gasteiger partial charge in [-0.1, -0.05) is 38.4 Å². The second kappa shape index (κ2) is 7.87. The number of ether oxygens (including phenoxy) is 1. The van der Waals surface area contributed by atoms with Crippen LogP contribution in [0, 0.1) is 5.41 Å². The second-order valence-electron chi connectivity index (χ2n) is 6.32. The number of rotatable bonds is 7. The molecular weight excluding hydrogens is 272 g/mol. The van der Waals surface area contributed by atoms with Crippen LogP contribution in [0.3, 0.4) is 0 Å². The molecule has 1 aromatic rings. The molecule has 0 atom stereocenters. The fourth-order valence-corrected chi connectivity index (χ4v) is 2.50. The molecule has 0 aromatic heterocycles. The average Bonchev–Trinajstić information content (AvgIpc) is 2.34. The molecule has 0 heterocycles. The lowest BCUT2D eigenvalue weighted by atomic mass is 9.95. The predicted molar refractivity (Wildman–Crippen MR) is 87.8 cm³/mol. The number of benzene rings is 1. The van der Waals surface area contributed by atoms with E-state index >= 15 is 0 Å². The van der Waals surface area contributed by atoms with Crippen molar-refractivity contribution in [3.63, 3.8) is 0 Å². The van der Waals surface area contributed by atoms with Crippen LogP contribution >= 0.6 is 11.6 Å². The van der Waals surface area contributed by atoms with Gasteiger partial charge in [0, 0.05) is 50.1 Å². The van der Waals surface area contributed by atoms with Crippen LogP contribution < -0.4 is 10.2 Å². The number of hydrogen-bond donors (Lipinski definition) is 1. The van der Waals surface area contributed by atoms with Crippen molar-refractivity contribution in [1.82, 2.24) is 5.32 Å². The average molecular weight is 299 g/mol. The Morgan fingerprint density at radius 3 is 2.60 bits per heavy atom. The number of methoxy groups -OCH3 is 1. The van der Waals surface area contributed by atoms with Crippen molar-refractivity contribution >= 4 is 17.3 Å². The van der Waals surface area contributed by atoms with Crippen molar-refractivity contribution in [2.75, 3.05) is 38.8 Å². The zero-order valence-electron chi connectivity index (χ0n) is 13.3. The molecule has 0 aliphatic rings. The minimum atomic E-state index is 0.248. The molecule has 0 fully saturated rings. The van der Waals surface area contributed by atoms with Gasteiger partial charge in [-0.25, -0.2) is 0 Å². The first-order valence-electron chi connectivity index (χ1n) is 7.03. The molecule has 1 aromatic carbocycles. The number of nitrogens with zero attached hydrogens (tertiary/aromatic N) is 1. The highest BCUT2D eigenvalue weighted by Gasteiger charge is 2.17. The predicted octanol–water partition coefficient (Wildman–Crippen LogP) is 3.56. The Labute approximate surface area is 128 Å². The smallest absolute Gasteiger partial charge is 0.0587 e. The van der Waals surface area contributed by atoms with Crippen LogP contribution in [-0.4, -0.2) is 33.9 Å². The Kier molecular flexibility index (Phi) is 6.80. The summed E-state index contributed by atoms with van der Waals surface area (Å²) >= 11 is 6.36. The molecule has 1 rings (SSSR count). The minimum absolute atomic E-state index is 0.248. The Balaban J connectivity index is 2.81. The fraction of sp³-hybridized carbons (Fsp3) is 0.625. The van der Waals surface area contributed by atoms with E-state index in [9.17, 15) is 0 Å². The van der Waals surface area contributed by atoms with Crippen LogP contribution in [0.4, 0.5) is 5.69 Å². The molecule has 0 unspecified atom stereocenters. The molecule has 0 bridgehead atoms. The third-order valence-corrected chi connectivity index (χ3v) is 3.36. The summed E-state index contributed by atoms with van der Waals surface area (Å²) in [5.74, 6) is 0. The third-order valence-electron chi connectivity index (χ3n) is 3.00. The van der Waals surface area contributed by atoms with Crippen LogP contribution in [0.25, 0.3) is 0 Å². The summed E-state index contributed by atoms with van der Waals surface area (Å²) < 4.78 is 5.05. The van der Waals surface area contributed by atoms with E-state index in [4.69, 9.17) is 16.3 Å². The first kappa shape index (κ1) is 17.3. The monoisotopic (exact) mass is 298 g/mol. The van der Waals surface area contributed by atoms with Gasteiger partial charge >= 0.3 is 0 Å². The number of nitrogens with one attached hydrogen (secondary N) is 1. The maximum Gasteiger partial charge on any atom is 0.0587 e. The zero-order chi connectivity index (χ0) is 15.2. The Hall–Kier alpha value is -0.770. The van der Waals surface area contributed by atoms with E-state index in [0.29, 0.717) is 6.61 Å². The highest BCUT2D eigenvalue weighted by molar-refractivity contribution is 6.31. The van der Waals surface area contributed by atoms with Gasteiger partial charge in [0.25, 0.3) is 0 Å². The highest BCUT2D eigenvalue weighted by Crippen LogP contribution is 2.29. The quantitative estimate of drug-likeness (QED) is 0.779. The standard InChI is InChI=1S/C16H27ClN2O/c1-16(2,3)12-19(4)15-8-6-7-14(17)13(15)11-18-9-10-20-5/h6-8,18H,9-12H2,1-5H3. The second-order valence-corrected chi connectivity index (χ2v) is 6.73. The maximum atomic E-state index is 6.36. The molecule has 4 heteroatoms. The molecule has 0 saturated heterocycles. The van der Waals surface area contributed by atoms with Gasteiger partial charge in [-0.2, -0.15) is 0 Å². The molecule has 0 radical (unpaired) electrons. The normalized spacial score (nSPS) is 11.7. The summed E-state index contributed by atoms with van der Waals surface area (Å²) in [6, 6.07) is 6.09. The zero-order valence-corrected chi connectivity index (χ0v) is 14.0. The number of halogens is 1. The van der Waals surface area contributed by atoms with E-state index in [1.54, 1.807) is 7.11 Å². The molecule has 0 aliphatic heterocycles. The van der Waals surface area contributed by atoms with Crippen molar-refractivity contribution in [3.05, 3.63) is 28.8 Å². The largest absolute Gasteiger partial charge is 0.383 e. The van der Waals surface area contributed by atoms with Gasteiger partial charge in [0.2, 0.25) is 0 Å². The molecular formula is C16H27ClN2O. The molecule has 3 nitrogen and oxygen atoms in total. The Morgan fingerprint density at radius 1 is 1.30 bits per heavy atom. The molecule has 1 N–H and O–H groups in total. The summed E-state index contributed by atoms with van der Waals surface area (Å²) in [7, 11) is 3.83. The SMILES string of the molecule is COCCNCc1c(Cl)cccc1N(C)CC(C)(C)C. The first-order valence-corrected chi connectivity index (χ1v) is 7.41. The summed E-state index contributed by atoms with van der Waals surface area (Å²) in [4.78, 5) is 2.28. The van der Waals surface area contributed by atoms with Gasteiger partial charge < -0.3 is 15.0 Å². The topological polar surface area (TPSA) is 24.5 Å². The first-order chi connectivity index (χ1) is 9.35. The lowest BCUT2D eigenvalue weighted by Crippen LogP contribution is -2.30. The van der Waals surface area contributed by atoms with Gasteiger partial charge in [0.05, 0.1) is 6.61 Å². The van der Waals surface area contributed by atoms with Crippen LogP contribution in [-0.2, 0) is 11.3 Å². The Bertz CT molecular complexity index is 415.